The minimum atomic E-state index is -0.155. The van der Waals surface area contributed by atoms with Crippen molar-refractivity contribution in [1.82, 2.24) is 10.3 Å². The summed E-state index contributed by atoms with van der Waals surface area (Å²) in [4.78, 5) is 16.9. The second-order valence-corrected chi connectivity index (χ2v) is 6.39. The summed E-state index contributed by atoms with van der Waals surface area (Å²) in [5.74, 6) is 0.0248. The van der Waals surface area contributed by atoms with E-state index < -0.39 is 0 Å². The van der Waals surface area contributed by atoms with Crippen molar-refractivity contribution in [3.63, 3.8) is 0 Å². The van der Waals surface area contributed by atoms with E-state index >= 15 is 0 Å². The van der Waals surface area contributed by atoms with Crippen LogP contribution in [0.1, 0.15) is 26.7 Å². The Kier molecular flexibility index (Phi) is 3.64. The quantitative estimate of drug-likeness (QED) is 0.891. The fraction of sp³-hybridized carbons (Fsp3) is 0.412. The van der Waals surface area contributed by atoms with Crippen LogP contribution in [0.4, 0.5) is 5.69 Å². The monoisotopic (exact) mass is 283 g/mol. The highest BCUT2D eigenvalue weighted by atomic mass is 16.2. The number of carbonyl (C=O) groups excluding carboxylic acids is 1. The van der Waals surface area contributed by atoms with Crippen LogP contribution >= 0.6 is 0 Å². The summed E-state index contributed by atoms with van der Waals surface area (Å²) in [7, 11) is 0. The Morgan fingerprint density at radius 2 is 2.19 bits per heavy atom. The van der Waals surface area contributed by atoms with Gasteiger partial charge in [0.05, 0.1) is 23.4 Å². The highest BCUT2D eigenvalue weighted by Gasteiger charge is 2.37. The summed E-state index contributed by atoms with van der Waals surface area (Å²) >= 11 is 0. The maximum Gasteiger partial charge on any atom is 0.242 e. The van der Waals surface area contributed by atoms with E-state index in [0.29, 0.717) is 0 Å². The first-order chi connectivity index (χ1) is 10.1. The molecule has 0 radical (unpaired) electrons. The molecule has 1 atom stereocenters. The molecule has 0 saturated carbocycles. The summed E-state index contributed by atoms with van der Waals surface area (Å²) in [6.45, 7) is 5.18. The van der Waals surface area contributed by atoms with Crippen molar-refractivity contribution in [1.29, 1.82) is 0 Å². The zero-order valence-corrected chi connectivity index (χ0v) is 12.5. The molecule has 1 aromatic heterocycles. The highest BCUT2D eigenvalue weighted by Crippen LogP contribution is 2.30. The number of nitrogens with one attached hydrogen (secondary N) is 2. The Labute approximate surface area is 125 Å². The van der Waals surface area contributed by atoms with Gasteiger partial charge in [-0.15, -0.1) is 0 Å². The Balaban J connectivity index is 1.79. The van der Waals surface area contributed by atoms with Gasteiger partial charge in [-0.1, -0.05) is 32.0 Å². The molecule has 2 heterocycles. The van der Waals surface area contributed by atoms with E-state index in [9.17, 15) is 4.79 Å². The van der Waals surface area contributed by atoms with E-state index in [-0.39, 0.29) is 17.4 Å². The molecular weight excluding hydrogens is 262 g/mol. The minimum absolute atomic E-state index is 0.0212. The number of benzene rings is 1. The van der Waals surface area contributed by atoms with E-state index in [0.717, 1.165) is 36.0 Å². The number of hydrogen-bond acceptors (Lipinski definition) is 3. The average molecular weight is 283 g/mol. The van der Waals surface area contributed by atoms with Crippen LogP contribution < -0.4 is 10.6 Å². The van der Waals surface area contributed by atoms with Crippen molar-refractivity contribution in [3.8, 4) is 0 Å². The number of carbonyl (C=O) groups is 1. The number of aromatic nitrogens is 1. The lowest BCUT2D eigenvalue weighted by molar-refractivity contribution is -0.121. The second-order valence-electron chi connectivity index (χ2n) is 6.39. The number of para-hydroxylation sites is 1. The molecule has 2 N–H and O–H groups in total. The lowest BCUT2D eigenvalue weighted by atomic mass is 9.77. The molecule has 1 amide bonds. The smallest absolute Gasteiger partial charge is 0.242 e. The lowest BCUT2D eigenvalue weighted by Crippen LogP contribution is -2.53. The van der Waals surface area contributed by atoms with Gasteiger partial charge in [0.2, 0.25) is 5.91 Å². The van der Waals surface area contributed by atoms with Crippen molar-refractivity contribution in [3.05, 3.63) is 36.5 Å². The fourth-order valence-electron chi connectivity index (χ4n) is 3.01. The van der Waals surface area contributed by atoms with Crippen LogP contribution in [0.15, 0.2) is 36.5 Å². The summed E-state index contributed by atoms with van der Waals surface area (Å²) in [6.07, 6.45) is 3.90. The van der Waals surface area contributed by atoms with Gasteiger partial charge in [-0.3, -0.25) is 9.78 Å². The van der Waals surface area contributed by atoms with E-state index in [1.54, 1.807) is 6.20 Å². The third-order valence-corrected chi connectivity index (χ3v) is 4.25. The molecule has 1 unspecified atom stereocenters. The van der Waals surface area contributed by atoms with Gasteiger partial charge in [-0.25, -0.2) is 0 Å². The van der Waals surface area contributed by atoms with Gasteiger partial charge in [-0.2, -0.15) is 0 Å². The van der Waals surface area contributed by atoms with E-state index in [1.807, 2.05) is 30.3 Å². The first kappa shape index (κ1) is 14.0. The molecule has 4 nitrogen and oxygen atoms in total. The van der Waals surface area contributed by atoms with E-state index in [4.69, 9.17) is 0 Å². The van der Waals surface area contributed by atoms with Gasteiger partial charge in [0.25, 0.3) is 0 Å². The summed E-state index contributed by atoms with van der Waals surface area (Å²) in [5.41, 5.74) is 1.67. The number of pyridine rings is 1. The Hall–Kier alpha value is -1.94. The van der Waals surface area contributed by atoms with Gasteiger partial charge in [-0.05, 0) is 36.9 Å². The van der Waals surface area contributed by atoms with Crippen LogP contribution in [0.5, 0.6) is 0 Å². The third-order valence-electron chi connectivity index (χ3n) is 4.25. The van der Waals surface area contributed by atoms with E-state index in [1.165, 1.54) is 0 Å². The average Bonchev–Trinajstić information content (AvgIpc) is 2.46. The van der Waals surface area contributed by atoms with Crippen LogP contribution in [0, 0.1) is 5.41 Å². The standard InChI is InChI=1S/C17H21N3O/c1-17(2)8-5-9-18-15(17)16(21)20-13-10-12-6-3-4-7-14(12)19-11-13/h3-4,6-7,10-11,15,18H,5,8-9H2,1-2H3,(H,20,21). The SMILES string of the molecule is CC1(C)CCCNC1C(=O)Nc1cnc2ccccc2c1. The van der Waals surface area contributed by atoms with Gasteiger partial charge in [0, 0.05) is 5.39 Å². The molecule has 1 aliphatic rings. The number of rotatable bonds is 2. The largest absolute Gasteiger partial charge is 0.323 e. The normalized spacial score (nSPS) is 21.1. The number of anilines is 1. The zero-order valence-electron chi connectivity index (χ0n) is 12.5. The van der Waals surface area contributed by atoms with Gasteiger partial charge in [0.15, 0.2) is 0 Å². The summed E-state index contributed by atoms with van der Waals surface area (Å²) in [6, 6.07) is 9.71. The summed E-state index contributed by atoms with van der Waals surface area (Å²) in [5, 5.41) is 7.36. The summed E-state index contributed by atoms with van der Waals surface area (Å²) < 4.78 is 0. The predicted molar refractivity (Wildman–Crippen MR) is 85.2 cm³/mol. The third kappa shape index (κ3) is 2.90. The van der Waals surface area contributed by atoms with Crippen molar-refractivity contribution >= 4 is 22.5 Å². The van der Waals surface area contributed by atoms with Gasteiger partial charge in [0.1, 0.15) is 0 Å². The molecule has 1 aliphatic heterocycles. The molecule has 1 saturated heterocycles. The highest BCUT2D eigenvalue weighted by molar-refractivity contribution is 5.97. The molecule has 0 aliphatic carbocycles. The molecule has 1 fully saturated rings. The van der Waals surface area contributed by atoms with Crippen LogP contribution in [-0.2, 0) is 4.79 Å². The Morgan fingerprint density at radius 3 is 3.00 bits per heavy atom. The van der Waals surface area contributed by atoms with Gasteiger partial charge >= 0.3 is 0 Å². The van der Waals surface area contributed by atoms with Crippen LogP contribution in [0.3, 0.4) is 0 Å². The molecule has 2 aromatic rings. The van der Waals surface area contributed by atoms with Gasteiger partial charge < -0.3 is 10.6 Å². The molecule has 1 aromatic carbocycles. The Morgan fingerprint density at radius 1 is 1.38 bits per heavy atom. The number of piperidine rings is 1. The molecule has 110 valence electrons. The maximum absolute atomic E-state index is 12.5. The first-order valence-corrected chi connectivity index (χ1v) is 7.45. The molecule has 4 heteroatoms. The van der Waals surface area contributed by atoms with Crippen LogP contribution in [0.25, 0.3) is 10.9 Å². The van der Waals surface area contributed by atoms with Crippen LogP contribution in [-0.4, -0.2) is 23.5 Å². The number of hydrogen-bond donors (Lipinski definition) is 2. The van der Waals surface area contributed by atoms with Crippen molar-refractivity contribution in [2.24, 2.45) is 5.41 Å². The van der Waals surface area contributed by atoms with Crippen LogP contribution in [0.2, 0.25) is 0 Å². The molecular formula is C17H21N3O. The number of nitrogens with zero attached hydrogens (tertiary/aromatic N) is 1. The maximum atomic E-state index is 12.5. The van der Waals surface area contributed by atoms with Crippen molar-refractivity contribution < 1.29 is 4.79 Å². The lowest BCUT2D eigenvalue weighted by Gasteiger charge is -2.38. The molecule has 3 rings (SSSR count). The predicted octanol–water partition coefficient (Wildman–Crippen LogP) is 2.95. The topological polar surface area (TPSA) is 54.0 Å². The van der Waals surface area contributed by atoms with E-state index in [2.05, 4.69) is 29.5 Å². The minimum Gasteiger partial charge on any atom is -0.323 e. The molecule has 21 heavy (non-hydrogen) atoms. The number of amides is 1. The second kappa shape index (κ2) is 5.45. The fourth-order valence-corrected chi connectivity index (χ4v) is 3.01. The molecule has 0 bridgehead atoms. The first-order valence-electron chi connectivity index (χ1n) is 7.45. The Bertz CT molecular complexity index is 666. The number of fused-ring (bicyclic) bond motifs is 1. The van der Waals surface area contributed by atoms with Crippen molar-refractivity contribution in [2.45, 2.75) is 32.7 Å². The molecule has 0 spiro atoms. The van der Waals surface area contributed by atoms with Crippen molar-refractivity contribution in [2.75, 3.05) is 11.9 Å². The zero-order chi connectivity index (χ0) is 14.9.